The van der Waals surface area contributed by atoms with Crippen LogP contribution < -0.4 is 5.32 Å². The van der Waals surface area contributed by atoms with E-state index in [-0.39, 0.29) is 0 Å². The van der Waals surface area contributed by atoms with Gasteiger partial charge in [-0.25, -0.2) is 0 Å². The van der Waals surface area contributed by atoms with E-state index in [4.69, 9.17) is 0 Å². The van der Waals surface area contributed by atoms with Crippen molar-refractivity contribution < 1.29 is 5.11 Å². The molecule has 2 N–H and O–H groups in total. The minimum atomic E-state index is 0.432. The van der Waals surface area contributed by atoms with Crippen molar-refractivity contribution in [2.24, 2.45) is 0 Å². The van der Waals surface area contributed by atoms with Gasteiger partial charge in [-0.1, -0.05) is 43.3 Å². The summed E-state index contributed by atoms with van der Waals surface area (Å²) in [5, 5.41) is 13.8. The van der Waals surface area contributed by atoms with Crippen molar-refractivity contribution >= 4 is 0 Å². The summed E-state index contributed by atoms with van der Waals surface area (Å²) >= 11 is 0. The maximum atomic E-state index is 10.3. The Labute approximate surface area is 120 Å². The van der Waals surface area contributed by atoms with E-state index in [1.54, 1.807) is 0 Å². The van der Waals surface area contributed by atoms with Crippen LogP contribution in [0.1, 0.15) is 35.1 Å². The molecule has 0 aliphatic carbocycles. The van der Waals surface area contributed by atoms with Crippen molar-refractivity contribution in [3.8, 4) is 5.75 Å². The Morgan fingerprint density at radius 2 is 1.95 bits per heavy atom. The van der Waals surface area contributed by atoms with Gasteiger partial charge in [0.05, 0.1) is 0 Å². The standard InChI is InChI=1S/C18H21NO/c1-13-12-19-10-9-16-15(13)7-8-18(20)17(16)11-14-5-3-2-4-6-14/h2-8,13,19-20H,9-12H2,1H3. The topological polar surface area (TPSA) is 32.3 Å². The van der Waals surface area contributed by atoms with E-state index in [0.29, 0.717) is 11.7 Å². The number of phenols is 1. The van der Waals surface area contributed by atoms with Crippen molar-refractivity contribution in [2.75, 3.05) is 13.1 Å². The Balaban J connectivity index is 2.03. The fourth-order valence-electron chi connectivity index (χ4n) is 3.09. The Morgan fingerprint density at radius 1 is 1.15 bits per heavy atom. The summed E-state index contributed by atoms with van der Waals surface area (Å²) in [5.74, 6) is 0.935. The summed E-state index contributed by atoms with van der Waals surface area (Å²) in [4.78, 5) is 0. The average Bonchev–Trinajstić information content (AvgIpc) is 2.65. The lowest BCUT2D eigenvalue weighted by Gasteiger charge is -2.17. The van der Waals surface area contributed by atoms with Crippen LogP contribution >= 0.6 is 0 Å². The van der Waals surface area contributed by atoms with Crippen LogP contribution in [-0.4, -0.2) is 18.2 Å². The van der Waals surface area contributed by atoms with Crippen LogP contribution in [0, 0.1) is 0 Å². The highest BCUT2D eigenvalue weighted by molar-refractivity contribution is 5.48. The molecule has 0 bridgehead atoms. The second-order valence-corrected chi connectivity index (χ2v) is 5.65. The lowest BCUT2D eigenvalue weighted by Crippen LogP contribution is -2.18. The molecule has 0 spiro atoms. The van der Waals surface area contributed by atoms with E-state index in [9.17, 15) is 5.11 Å². The summed E-state index contributed by atoms with van der Waals surface area (Å²) in [6.07, 6.45) is 1.80. The third kappa shape index (κ3) is 2.56. The monoisotopic (exact) mass is 267 g/mol. The molecule has 2 heteroatoms. The Kier molecular flexibility index (Phi) is 3.75. The van der Waals surface area contributed by atoms with Crippen molar-refractivity contribution in [2.45, 2.75) is 25.7 Å². The van der Waals surface area contributed by atoms with E-state index in [1.165, 1.54) is 16.7 Å². The highest BCUT2D eigenvalue weighted by atomic mass is 16.3. The molecule has 1 aliphatic rings. The summed E-state index contributed by atoms with van der Waals surface area (Å²) < 4.78 is 0. The molecule has 0 saturated carbocycles. The molecule has 2 nitrogen and oxygen atoms in total. The zero-order chi connectivity index (χ0) is 13.9. The predicted molar refractivity (Wildman–Crippen MR) is 82.3 cm³/mol. The van der Waals surface area contributed by atoms with Crippen molar-refractivity contribution in [3.05, 3.63) is 64.7 Å². The number of rotatable bonds is 2. The summed E-state index contributed by atoms with van der Waals surface area (Å²) in [6, 6.07) is 14.3. The molecule has 0 amide bonds. The van der Waals surface area contributed by atoms with Crippen LogP contribution in [0.4, 0.5) is 0 Å². The summed E-state index contributed by atoms with van der Waals surface area (Å²) in [5.41, 5.74) is 5.08. The Bertz CT molecular complexity index is 592. The molecule has 20 heavy (non-hydrogen) atoms. The van der Waals surface area contributed by atoms with Gasteiger partial charge in [-0.3, -0.25) is 0 Å². The molecule has 2 aromatic carbocycles. The molecule has 1 aliphatic heterocycles. The van der Waals surface area contributed by atoms with E-state index in [1.807, 2.05) is 12.1 Å². The average molecular weight is 267 g/mol. The lowest BCUT2D eigenvalue weighted by molar-refractivity contribution is 0.468. The third-order valence-corrected chi connectivity index (χ3v) is 4.20. The molecule has 0 saturated heterocycles. The maximum Gasteiger partial charge on any atom is 0.119 e. The first-order chi connectivity index (χ1) is 9.75. The molecule has 2 aromatic rings. The van der Waals surface area contributed by atoms with Gasteiger partial charge in [-0.15, -0.1) is 0 Å². The van der Waals surface area contributed by atoms with Crippen LogP contribution in [0.3, 0.4) is 0 Å². The van der Waals surface area contributed by atoms with E-state index in [2.05, 4.69) is 42.6 Å². The van der Waals surface area contributed by atoms with Crippen molar-refractivity contribution in [1.29, 1.82) is 0 Å². The summed E-state index contributed by atoms with van der Waals surface area (Å²) in [7, 11) is 0. The van der Waals surface area contributed by atoms with Crippen LogP contribution in [-0.2, 0) is 12.8 Å². The maximum absolute atomic E-state index is 10.3. The molecule has 1 heterocycles. The number of fused-ring (bicyclic) bond motifs is 1. The molecule has 0 radical (unpaired) electrons. The number of hydrogen-bond acceptors (Lipinski definition) is 2. The van der Waals surface area contributed by atoms with E-state index < -0.39 is 0 Å². The number of nitrogens with one attached hydrogen (secondary N) is 1. The minimum absolute atomic E-state index is 0.432. The molecule has 1 unspecified atom stereocenters. The Morgan fingerprint density at radius 3 is 2.75 bits per heavy atom. The second-order valence-electron chi connectivity index (χ2n) is 5.65. The molecule has 0 fully saturated rings. The number of hydrogen-bond donors (Lipinski definition) is 2. The number of aromatic hydroxyl groups is 1. The first kappa shape index (κ1) is 13.2. The van der Waals surface area contributed by atoms with Gasteiger partial charge in [-0.2, -0.15) is 0 Å². The Hall–Kier alpha value is -1.80. The van der Waals surface area contributed by atoms with Gasteiger partial charge in [0.25, 0.3) is 0 Å². The largest absolute Gasteiger partial charge is 0.508 e. The van der Waals surface area contributed by atoms with Crippen molar-refractivity contribution in [3.63, 3.8) is 0 Å². The third-order valence-electron chi connectivity index (χ3n) is 4.20. The fraction of sp³-hybridized carbons (Fsp3) is 0.333. The predicted octanol–water partition coefficient (Wildman–Crippen LogP) is 3.23. The molecule has 3 rings (SSSR count). The smallest absolute Gasteiger partial charge is 0.119 e. The SMILES string of the molecule is CC1CNCCc2c1ccc(O)c2Cc1ccccc1. The molecule has 1 atom stereocenters. The van der Waals surface area contributed by atoms with Gasteiger partial charge in [-0.05, 0) is 41.6 Å². The van der Waals surface area contributed by atoms with E-state index >= 15 is 0 Å². The van der Waals surface area contributed by atoms with Crippen LogP contribution in [0.5, 0.6) is 5.75 Å². The zero-order valence-electron chi connectivity index (χ0n) is 11.9. The van der Waals surface area contributed by atoms with Gasteiger partial charge >= 0.3 is 0 Å². The van der Waals surface area contributed by atoms with Gasteiger partial charge in [0.15, 0.2) is 0 Å². The molecule has 104 valence electrons. The fourth-order valence-corrected chi connectivity index (χ4v) is 3.09. The first-order valence-electron chi connectivity index (χ1n) is 7.34. The second kappa shape index (κ2) is 5.68. The molecular formula is C18H21NO. The van der Waals surface area contributed by atoms with Crippen molar-refractivity contribution in [1.82, 2.24) is 5.32 Å². The van der Waals surface area contributed by atoms with Crippen LogP contribution in [0.15, 0.2) is 42.5 Å². The first-order valence-corrected chi connectivity index (χ1v) is 7.34. The highest BCUT2D eigenvalue weighted by Crippen LogP contribution is 2.32. The normalized spacial score (nSPS) is 18.4. The minimum Gasteiger partial charge on any atom is -0.508 e. The quantitative estimate of drug-likeness (QED) is 0.875. The van der Waals surface area contributed by atoms with Gasteiger partial charge in [0, 0.05) is 18.5 Å². The highest BCUT2D eigenvalue weighted by Gasteiger charge is 2.19. The molecule has 0 aromatic heterocycles. The summed E-state index contributed by atoms with van der Waals surface area (Å²) in [6.45, 7) is 4.26. The van der Waals surface area contributed by atoms with Crippen LogP contribution in [0.25, 0.3) is 0 Å². The van der Waals surface area contributed by atoms with Gasteiger partial charge in [0.2, 0.25) is 0 Å². The van der Waals surface area contributed by atoms with Gasteiger partial charge in [0.1, 0.15) is 5.75 Å². The molecular weight excluding hydrogens is 246 g/mol. The lowest BCUT2D eigenvalue weighted by atomic mass is 9.88. The number of benzene rings is 2. The van der Waals surface area contributed by atoms with E-state index in [0.717, 1.165) is 31.5 Å². The van der Waals surface area contributed by atoms with Crippen LogP contribution in [0.2, 0.25) is 0 Å². The van der Waals surface area contributed by atoms with Gasteiger partial charge < -0.3 is 10.4 Å². The number of phenolic OH excluding ortho intramolecular Hbond substituents is 1. The zero-order valence-corrected chi connectivity index (χ0v) is 11.9.